The van der Waals surface area contributed by atoms with Crippen LogP contribution in [0.2, 0.25) is 0 Å². The highest BCUT2D eigenvalue weighted by molar-refractivity contribution is 5.67. The van der Waals surface area contributed by atoms with Crippen molar-refractivity contribution in [2.24, 2.45) is 5.84 Å². The van der Waals surface area contributed by atoms with E-state index in [1.807, 2.05) is 12.1 Å². The zero-order valence-electron chi connectivity index (χ0n) is 7.53. The summed E-state index contributed by atoms with van der Waals surface area (Å²) in [7, 11) is 1.44. The molecule has 0 bridgehead atoms. The van der Waals surface area contributed by atoms with E-state index >= 15 is 0 Å². The van der Waals surface area contributed by atoms with Crippen LogP contribution < -0.4 is 16.0 Å². The van der Waals surface area contributed by atoms with E-state index in [4.69, 9.17) is 21.1 Å². The molecule has 0 aliphatic heterocycles. The van der Waals surface area contributed by atoms with Gasteiger partial charge in [-0.3, -0.25) is 5.84 Å². The lowest BCUT2D eigenvalue weighted by atomic mass is 10.1. The zero-order chi connectivity index (χ0) is 10.6. The molecule has 0 spiro atoms. The van der Waals surface area contributed by atoms with Crippen molar-refractivity contribution < 1.29 is 4.74 Å². The van der Waals surface area contributed by atoms with Crippen molar-refractivity contribution in [3.05, 3.63) is 23.3 Å². The van der Waals surface area contributed by atoms with E-state index in [-0.39, 0.29) is 11.1 Å². The Morgan fingerprint density at radius 2 is 1.93 bits per heavy atom. The quantitative estimate of drug-likeness (QED) is 0.526. The van der Waals surface area contributed by atoms with E-state index in [9.17, 15) is 0 Å². The summed E-state index contributed by atoms with van der Waals surface area (Å²) in [5.74, 6) is 5.55. The predicted octanol–water partition coefficient (Wildman–Crippen LogP) is 0.724. The summed E-state index contributed by atoms with van der Waals surface area (Å²) in [4.78, 5) is 0. The maximum atomic E-state index is 8.83. The fraction of sp³-hybridized carbons (Fsp3) is 0.111. The Morgan fingerprint density at radius 1 is 1.29 bits per heavy atom. The third-order valence-corrected chi connectivity index (χ3v) is 1.77. The number of anilines is 1. The fourth-order valence-corrected chi connectivity index (χ4v) is 1.10. The summed E-state index contributed by atoms with van der Waals surface area (Å²) < 4.78 is 4.94. The maximum Gasteiger partial charge on any atom is 0.138 e. The van der Waals surface area contributed by atoms with Crippen molar-refractivity contribution in [1.29, 1.82) is 10.5 Å². The first-order chi connectivity index (χ1) is 6.78. The summed E-state index contributed by atoms with van der Waals surface area (Å²) in [6, 6.07) is 6.95. The average Bonchev–Trinajstić information content (AvgIpc) is 2.26. The van der Waals surface area contributed by atoms with Gasteiger partial charge in [0.2, 0.25) is 0 Å². The minimum Gasteiger partial charge on any atom is -0.495 e. The molecule has 3 N–H and O–H groups in total. The van der Waals surface area contributed by atoms with Crippen molar-refractivity contribution in [2.75, 3.05) is 12.5 Å². The van der Waals surface area contributed by atoms with Gasteiger partial charge in [0.05, 0.1) is 18.4 Å². The molecule has 0 fully saturated rings. The molecule has 0 saturated heterocycles. The first-order valence-electron chi connectivity index (χ1n) is 3.76. The van der Waals surface area contributed by atoms with Crippen molar-refractivity contribution in [3.63, 3.8) is 0 Å². The summed E-state index contributed by atoms with van der Waals surface area (Å²) in [6.45, 7) is 0. The highest BCUT2D eigenvalue weighted by atomic mass is 16.5. The highest BCUT2D eigenvalue weighted by Crippen LogP contribution is 2.26. The molecule has 0 aliphatic carbocycles. The smallest absolute Gasteiger partial charge is 0.138 e. The Morgan fingerprint density at radius 3 is 2.36 bits per heavy atom. The van der Waals surface area contributed by atoms with Crippen LogP contribution in [0.1, 0.15) is 11.1 Å². The average molecular weight is 188 g/mol. The third kappa shape index (κ3) is 1.45. The van der Waals surface area contributed by atoms with E-state index in [1.165, 1.54) is 7.11 Å². The van der Waals surface area contributed by atoms with E-state index in [0.717, 1.165) is 0 Å². The molecule has 0 atom stereocenters. The van der Waals surface area contributed by atoms with Crippen LogP contribution in [-0.2, 0) is 0 Å². The van der Waals surface area contributed by atoms with Crippen LogP contribution in [0.4, 0.5) is 5.69 Å². The molecule has 1 rings (SSSR count). The zero-order valence-corrected chi connectivity index (χ0v) is 7.53. The van der Waals surface area contributed by atoms with E-state index < -0.39 is 0 Å². The molecule has 5 heteroatoms. The van der Waals surface area contributed by atoms with Crippen LogP contribution >= 0.6 is 0 Å². The molecule has 5 nitrogen and oxygen atoms in total. The summed E-state index contributed by atoms with van der Waals surface area (Å²) in [5.41, 5.74) is 3.13. The molecule has 0 aromatic heterocycles. The lowest BCUT2D eigenvalue weighted by Crippen LogP contribution is -2.09. The Hall–Kier alpha value is -2.24. The van der Waals surface area contributed by atoms with Crippen LogP contribution in [-0.4, -0.2) is 7.11 Å². The summed E-state index contributed by atoms with van der Waals surface area (Å²) in [5, 5.41) is 17.7. The van der Waals surface area contributed by atoms with Gasteiger partial charge in [0.1, 0.15) is 23.5 Å². The van der Waals surface area contributed by atoms with Crippen molar-refractivity contribution >= 4 is 5.69 Å². The summed E-state index contributed by atoms with van der Waals surface area (Å²) in [6.07, 6.45) is 0. The molecule has 1 aromatic rings. The molecule has 0 saturated carbocycles. The van der Waals surface area contributed by atoms with Crippen molar-refractivity contribution in [3.8, 4) is 17.9 Å². The Balaban J connectivity index is 3.48. The van der Waals surface area contributed by atoms with Gasteiger partial charge in [0, 0.05) is 0 Å². The molecule has 1 aromatic carbocycles. The number of nitriles is 2. The number of hydrogen-bond donors (Lipinski definition) is 2. The van der Waals surface area contributed by atoms with Crippen LogP contribution in [0, 0.1) is 22.7 Å². The Labute approximate surface area is 81.3 Å². The number of hydrogen-bond acceptors (Lipinski definition) is 5. The van der Waals surface area contributed by atoms with Gasteiger partial charge in [-0.2, -0.15) is 10.5 Å². The lowest BCUT2D eigenvalue weighted by molar-refractivity contribution is 0.413. The van der Waals surface area contributed by atoms with Gasteiger partial charge in [0.15, 0.2) is 0 Å². The number of nitrogens with two attached hydrogens (primary N) is 1. The predicted molar refractivity (Wildman–Crippen MR) is 50.2 cm³/mol. The van der Waals surface area contributed by atoms with E-state index in [1.54, 1.807) is 12.1 Å². The molecule has 70 valence electrons. The first-order valence-corrected chi connectivity index (χ1v) is 3.76. The van der Waals surface area contributed by atoms with Crippen LogP contribution in [0.15, 0.2) is 12.1 Å². The number of nitrogens with one attached hydrogen (secondary N) is 1. The van der Waals surface area contributed by atoms with Crippen LogP contribution in [0.25, 0.3) is 0 Å². The number of nitrogen functional groups attached to an aromatic ring is 1. The number of rotatable bonds is 2. The second-order valence-electron chi connectivity index (χ2n) is 2.43. The third-order valence-electron chi connectivity index (χ3n) is 1.77. The normalized spacial score (nSPS) is 8.57. The number of ether oxygens (including phenoxy) is 1. The molecule has 0 heterocycles. The molecule has 0 radical (unpaired) electrons. The second kappa shape index (κ2) is 4.13. The standard InChI is InChI=1S/C9H8N4O/c1-14-9-3-2-8(13-12)6(4-10)7(9)5-11/h2-3,13H,12H2,1H3. The lowest BCUT2D eigenvalue weighted by Gasteiger charge is -2.07. The number of nitrogens with zero attached hydrogens (tertiary/aromatic N) is 2. The number of benzene rings is 1. The SMILES string of the molecule is COc1ccc(NN)c(C#N)c1C#N. The van der Waals surface area contributed by atoms with E-state index in [0.29, 0.717) is 11.4 Å². The van der Waals surface area contributed by atoms with Gasteiger partial charge in [0.25, 0.3) is 0 Å². The largest absolute Gasteiger partial charge is 0.495 e. The van der Waals surface area contributed by atoms with Gasteiger partial charge in [-0.25, -0.2) is 0 Å². The molecular formula is C9H8N4O. The van der Waals surface area contributed by atoms with Gasteiger partial charge < -0.3 is 10.2 Å². The molecule has 14 heavy (non-hydrogen) atoms. The summed E-state index contributed by atoms with van der Waals surface area (Å²) >= 11 is 0. The second-order valence-corrected chi connectivity index (χ2v) is 2.43. The molecule has 0 unspecified atom stereocenters. The molecular weight excluding hydrogens is 180 g/mol. The first kappa shape index (κ1) is 9.85. The monoisotopic (exact) mass is 188 g/mol. The van der Waals surface area contributed by atoms with Gasteiger partial charge in [-0.05, 0) is 12.1 Å². The minimum absolute atomic E-state index is 0.186. The Kier molecular flexibility index (Phi) is 2.90. The number of hydrazine groups is 1. The van der Waals surface area contributed by atoms with Crippen molar-refractivity contribution in [2.45, 2.75) is 0 Å². The van der Waals surface area contributed by atoms with Crippen LogP contribution in [0.5, 0.6) is 5.75 Å². The molecule has 0 amide bonds. The van der Waals surface area contributed by atoms with Gasteiger partial charge >= 0.3 is 0 Å². The van der Waals surface area contributed by atoms with E-state index in [2.05, 4.69) is 5.43 Å². The van der Waals surface area contributed by atoms with Gasteiger partial charge in [-0.15, -0.1) is 0 Å². The highest BCUT2D eigenvalue weighted by Gasteiger charge is 2.12. The Bertz CT molecular complexity index is 387. The van der Waals surface area contributed by atoms with Gasteiger partial charge in [-0.1, -0.05) is 0 Å². The minimum atomic E-state index is 0.186. The maximum absolute atomic E-state index is 8.83. The number of methoxy groups -OCH3 is 1. The van der Waals surface area contributed by atoms with Crippen molar-refractivity contribution in [1.82, 2.24) is 0 Å². The molecule has 0 aliphatic rings. The van der Waals surface area contributed by atoms with Crippen LogP contribution in [0.3, 0.4) is 0 Å². The fourth-order valence-electron chi connectivity index (χ4n) is 1.10. The topological polar surface area (TPSA) is 94.9 Å².